The fourth-order valence-corrected chi connectivity index (χ4v) is 5.24. The quantitative estimate of drug-likeness (QED) is 0.696. The third-order valence-electron chi connectivity index (χ3n) is 5.95. The summed E-state index contributed by atoms with van der Waals surface area (Å²) in [5, 5.41) is 11.8. The summed E-state index contributed by atoms with van der Waals surface area (Å²) < 4.78 is 30.8. The molecule has 1 aromatic carbocycles. The molecule has 2 saturated heterocycles. The summed E-state index contributed by atoms with van der Waals surface area (Å²) in [5.41, 5.74) is 0.972. The number of sulfonamides is 1. The fourth-order valence-electron chi connectivity index (χ4n) is 4.35. The number of anilines is 1. The van der Waals surface area contributed by atoms with E-state index in [9.17, 15) is 13.5 Å². The third-order valence-corrected chi connectivity index (χ3v) is 7.20. The number of fused-ring (bicyclic) bond motifs is 1. The summed E-state index contributed by atoms with van der Waals surface area (Å²) in [6, 6.07) is 6.14. The highest BCUT2D eigenvalue weighted by atomic mass is 32.2. The van der Waals surface area contributed by atoms with Crippen LogP contribution in [0.25, 0.3) is 10.9 Å². The minimum Gasteiger partial charge on any atom is -0.474 e. The molecular formula is C21H31N5O4S. The molecule has 0 radical (unpaired) electrons. The van der Waals surface area contributed by atoms with E-state index in [2.05, 4.69) is 31.9 Å². The van der Waals surface area contributed by atoms with E-state index in [4.69, 9.17) is 4.74 Å². The van der Waals surface area contributed by atoms with Crippen LogP contribution in [0.2, 0.25) is 0 Å². The van der Waals surface area contributed by atoms with Crippen LogP contribution in [-0.2, 0) is 10.0 Å². The second kappa shape index (κ2) is 8.50. The van der Waals surface area contributed by atoms with E-state index in [0.717, 1.165) is 42.8 Å². The molecule has 0 saturated carbocycles. The van der Waals surface area contributed by atoms with Crippen molar-refractivity contribution in [3.8, 4) is 5.88 Å². The van der Waals surface area contributed by atoms with Gasteiger partial charge in [-0.1, -0.05) is 0 Å². The topological polar surface area (TPSA) is 99.1 Å². The smallest absolute Gasteiger partial charge is 0.224 e. The number of nitrogens with zero attached hydrogens (tertiary/aromatic N) is 5. The molecule has 3 heterocycles. The van der Waals surface area contributed by atoms with Gasteiger partial charge in [0.2, 0.25) is 15.9 Å². The average Bonchev–Trinajstić information content (AvgIpc) is 3.10. The van der Waals surface area contributed by atoms with E-state index in [0.29, 0.717) is 25.4 Å². The minimum absolute atomic E-state index is 0.0327. The molecule has 0 amide bonds. The summed E-state index contributed by atoms with van der Waals surface area (Å²) in [6.45, 7) is 8.26. The molecule has 170 valence electrons. The van der Waals surface area contributed by atoms with Gasteiger partial charge in [-0.15, -0.1) is 0 Å². The van der Waals surface area contributed by atoms with E-state index in [1.807, 2.05) is 19.9 Å². The number of aliphatic hydroxyl groups is 1. The first kappa shape index (κ1) is 22.2. The maximum absolute atomic E-state index is 11.8. The van der Waals surface area contributed by atoms with Crippen molar-refractivity contribution >= 4 is 26.6 Å². The predicted octanol–water partition coefficient (Wildman–Crippen LogP) is 0.935. The Hall–Kier alpha value is -2.01. The van der Waals surface area contributed by atoms with Gasteiger partial charge in [-0.05, 0) is 38.5 Å². The monoisotopic (exact) mass is 449 g/mol. The van der Waals surface area contributed by atoms with Gasteiger partial charge >= 0.3 is 0 Å². The maximum atomic E-state index is 11.8. The van der Waals surface area contributed by atoms with Crippen LogP contribution in [0.15, 0.2) is 24.5 Å². The van der Waals surface area contributed by atoms with Gasteiger partial charge in [0.15, 0.2) is 0 Å². The Morgan fingerprint density at radius 2 is 1.90 bits per heavy atom. The highest BCUT2D eigenvalue weighted by Gasteiger charge is 2.41. The van der Waals surface area contributed by atoms with Gasteiger partial charge in [-0.3, -0.25) is 4.90 Å². The van der Waals surface area contributed by atoms with Crippen LogP contribution in [0.3, 0.4) is 0 Å². The van der Waals surface area contributed by atoms with Crippen LogP contribution >= 0.6 is 0 Å². The zero-order valence-electron chi connectivity index (χ0n) is 18.4. The van der Waals surface area contributed by atoms with Gasteiger partial charge in [-0.2, -0.15) is 4.31 Å². The molecule has 0 spiro atoms. The molecule has 0 bridgehead atoms. The highest BCUT2D eigenvalue weighted by Crippen LogP contribution is 2.29. The number of ether oxygens (including phenoxy) is 1. The molecule has 1 aromatic heterocycles. The van der Waals surface area contributed by atoms with Crippen molar-refractivity contribution in [3.63, 3.8) is 0 Å². The zero-order chi connectivity index (χ0) is 22.2. The largest absolute Gasteiger partial charge is 0.474 e. The van der Waals surface area contributed by atoms with Gasteiger partial charge in [0, 0.05) is 51.5 Å². The molecule has 31 heavy (non-hydrogen) atoms. The van der Waals surface area contributed by atoms with Crippen molar-refractivity contribution in [2.75, 3.05) is 57.0 Å². The molecule has 2 aliphatic heterocycles. The molecule has 9 nitrogen and oxygen atoms in total. The summed E-state index contributed by atoms with van der Waals surface area (Å²) in [4.78, 5) is 13.2. The molecule has 0 aliphatic carbocycles. The fraction of sp³-hybridized carbons (Fsp3) is 0.619. The summed E-state index contributed by atoms with van der Waals surface area (Å²) in [5.74, 6) is 0.597. The number of rotatable bonds is 6. The van der Waals surface area contributed by atoms with E-state index >= 15 is 0 Å². The van der Waals surface area contributed by atoms with Crippen molar-refractivity contribution in [3.05, 3.63) is 24.5 Å². The van der Waals surface area contributed by atoms with E-state index in [1.54, 1.807) is 0 Å². The van der Waals surface area contributed by atoms with E-state index in [1.165, 1.54) is 16.9 Å². The van der Waals surface area contributed by atoms with Crippen molar-refractivity contribution in [2.24, 2.45) is 0 Å². The lowest BCUT2D eigenvalue weighted by molar-refractivity contribution is 0.0152. The van der Waals surface area contributed by atoms with Crippen molar-refractivity contribution in [2.45, 2.75) is 32.0 Å². The normalized spacial score (nSPS) is 23.7. The van der Waals surface area contributed by atoms with Gasteiger partial charge in [0.05, 0.1) is 28.9 Å². The number of piperazine rings is 1. The molecule has 2 fully saturated rings. The van der Waals surface area contributed by atoms with Crippen LogP contribution in [-0.4, -0.2) is 96.5 Å². The highest BCUT2D eigenvalue weighted by molar-refractivity contribution is 7.88. The number of hydrogen-bond donors (Lipinski definition) is 1. The number of β-amino-alcohol motifs (C(OH)–C–C–N with tert-alkyl or cyclic N) is 1. The maximum Gasteiger partial charge on any atom is 0.224 e. The first-order valence-corrected chi connectivity index (χ1v) is 12.5. The van der Waals surface area contributed by atoms with Crippen molar-refractivity contribution in [1.82, 2.24) is 19.2 Å². The Morgan fingerprint density at radius 3 is 2.55 bits per heavy atom. The number of benzene rings is 1. The lowest BCUT2D eigenvalue weighted by Crippen LogP contribution is -2.53. The van der Waals surface area contributed by atoms with Crippen LogP contribution < -0.4 is 9.64 Å². The van der Waals surface area contributed by atoms with Crippen LogP contribution in [0.5, 0.6) is 5.88 Å². The Kier molecular flexibility index (Phi) is 6.08. The SMILES string of the molecule is CC(C)Oc1ncnc2ccc(N3CCN(CC4(O)CCN(S(C)(=O)=O)C4)CC3)cc12. The molecule has 10 heteroatoms. The lowest BCUT2D eigenvalue weighted by atomic mass is 10.0. The molecule has 2 aromatic rings. The predicted molar refractivity (Wildman–Crippen MR) is 120 cm³/mol. The molecule has 1 unspecified atom stereocenters. The molecular weight excluding hydrogens is 418 g/mol. The number of aromatic nitrogens is 2. The number of hydrogen-bond acceptors (Lipinski definition) is 8. The van der Waals surface area contributed by atoms with Gasteiger partial charge < -0.3 is 14.7 Å². The summed E-state index contributed by atoms with van der Waals surface area (Å²) >= 11 is 0. The Labute approximate surface area is 183 Å². The van der Waals surface area contributed by atoms with Crippen LogP contribution in [0.4, 0.5) is 5.69 Å². The zero-order valence-corrected chi connectivity index (χ0v) is 19.2. The van der Waals surface area contributed by atoms with Crippen LogP contribution in [0, 0.1) is 0 Å². The van der Waals surface area contributed by atoms with Gasteiger partial charge in [0.25, 0.3) is 0 Å². The summed E-state index contributed by atoms with van der Waals surface area (Å²) in [6.07, 6.45) is 3.23. The standard InChI is InChI=1S/C21H31N5O4S/c1-16(2)30-20-18-12-17(4-5-19(18)22-15-23-20)25-10-8-24(9-11-25)13-21(27)6-7-26(14-21)31(3,28)29/h4-5,12,15-16,27H,6-11,13-14H2,1-3H3. The lowest BCUT2D eigenvalue weighted by Gasteiger charge is -2.39. The van der Waals surface area contributed by atoms with E-state index < -0.39 is 15.6 Å². The van der Waals surface area contributed by atoms with Crippen molar-refractivity contribution < 1.29 is 18.3 Å². The molecule has 1 N–H and O–H groups in total. The Bertz CT molecular complexity index is 1040. The second-order valence-electron chi connectivity index (χ2n) is 8.88. The minimum atomic E-state index is -3.26. The third kappa shape index (κ3) is 5.08. The average molecular weight is 450 g/mol. The molecule has 1 atom stereocenters. The van der Waals surface area contributed by atoms with Crippen LogP contribution in [0.1, 0.15) is 20.3 Å². The molecule has 4 rings (SSSR count). The van der Waals surface area contributed by atoms with Gasteiger partial charge in [-0.25, -0.2) is 18.4 Å². The first-order chi connectivity index (χ1) is 14.6. The van der Waals surface area contributed by atoms with Crippen molar-refractivity contribution in [1.29, 1.82) is 0 Å². The Morgan fingerprint density at radius 1 is 1.16 bits per heavy atom. The van der Waals surface area contributed by atoms with E-state index in [-0.39, 0.29) is 12.6 Å². The molecule has 2 aliphatic rings. The Balaban J connectivity index is 1.40. The second-order valence-corrected chi connectivity index (χ2v) is 10.9. The van der Waals surface area contributed by atoms with Gasteiger partial charge in [0.1, 0.15) is 6.33 Å². The summed E-state index contributed by atoms with van der Waals surface area (Å²) in [7, 11) is -3.26. The first-order valence-electron chi connectivity index (χ1n) is 10.7.